The lowest BCUT2D eigenvalue weighted by molar-refractivity contribution is -0.170. The third-order valence-electron chi connectivity index (χ3n) is 7.55. The van der Waals surface area contributed by atoms with Gasteiger partial charge >= 0.3 is 23.9 Å². The fraction of sp³-hybridized carbons (Fsp3) is 0.556. The summed E-state index contributed by atoms with van der Waals surface area (Å²) in [6.07, 6.45) is -0.729. The zero-order valence-electron chi connectivity index (χ0n) is 21.5. The first-order chi connectivity index (χ1) is 18.5. The third-order valence-corrected chi connectivity index (χ3v) is 7.55. The number of fused-ring (bicyclic) bond motifs is 4. The summed E-state index contributed by atoms with van der Waals surface area (Å²) in [7, 11) is 1.52. The molecular weight excluding hydrogens is 516 g/mol. The van der Waals surface area contributed by atoms with Gasteiger partial charge < -0.3 is 39.4 Å². The van der Waals surface area contributed by atoms with Crippen molar-refractivity contribution in [3.05, 3.63) is 35.1 Å². The number of esters is 2. The second-order valence-electron chi connectivity index (χ2n) is 10.2. The molecule has 12 nitrogen and oxygen atoms in total. The molecule has 1 aliphatic heterocycles. The number of carbonyl (C=O) groups is 4. The molecule has 0 spiro atoms. The van der Waals surface area contributed by atoms with E-state index in [2.05, 4.69) is 0 Å². The fourth-order valence-electron chi connectivity index (χ4n) is 5.47. The molecule has 4 N–H and O–H groups in total. The van der Waals surface area contributed by atoms with Crippen LogP contribution in [0, 0.1) is 5.92 Å². The lowest BCUT2D eigenvalue weighted by Gasteiger charge is -2.41. The molecule has 0 unspecified atom stereocenters. The van der Waals surface area contributed by atoms with E-state index in [0.717, 1.165) is 36.8 Å². The number of hydrogen-bond acceptors (Lipinski definition) is 10. The van der Waals surface area contributed by atoms with Crippen LogP contribution in [0.5, 0.6) is 11.5 Å². The van der Waals surface area contributed by atoms with Crippen molar-refractivity contribution in [1.29, 1.82) is 0 Å². The molecule has 39 heavy (non-hydrogen) atoms. The minimum atomic E-state index is -2.08. The van der Waals surface area contributed by atoms with E-state index in [1.165, 1.54) is 7.11 Å². The number of hydrogen-bond donors (Lipinski definition) is 4. The number of rotatable bonds is 9. The summed E-state index contributed by atoms with van der Waals surface area (Å²) in [4.78, 5) is 46.9. The van der Waals surface area contributed by atoms with Crippen LogP contribution in [0.2, 0.25) is 0 Å². The summed E-state index contributed by atoms with van der Waals surface area (Å²) in [5.41, 5.74) is 0.954. The maximum atomic E-state index is 12.8. The maximum Gasteiger partial charge on any atom is 0.345 e. The predicted molar refractivity (Wildman–Crippen MR) is 131 cm³/mol. The molecule has 5 atom stereocenters. The monoisotopic (exact) mass is 548 g/mol. The number of carboxylic acid groups (broad SMARTS) is 2. The van der Waals surface area contributed by atoms with E-state index in [-0.39, 0.29) is 24.5 Å². The van der Waals surface area contributed by atoms with Crippen LogP contribution in [0.25, 0.3) is 0 Å². The van der Waals surface area contributed by atoms with Crippen molar-refractivity contribution in [2.45, 2.75) is 81.7 Å². The van der Waals surface area contributed by atoms with Crippen molar-refractivity contribution in [2.75, 3.05) is 7.11 Å². The van der Waals surface area contributed by atoms with Crippen molar-refractivity contribution in [3.63, 3.8) is 0 Å². The zero-order chi connectivity index (χ0) is 28.3. The van der Waals surface area contributed by atoms with E-state index in [1.54, 1.807) is 6.08 Å². The SMILES string of the molecule is COc1ccc2c3c1O[C@@H]1C[C@@](O)(CC=C1OC(=O)C[C@H](OC(=O)C[C@H](O)C(=O)O)C(=O)O)[C@H](CCCC3)C2. The van der Waals surface area contributed by atoms with Gasteiger partial charge in [-0.05, 0) is 55.7 Å². The largest absolute Gasteiger partial charge is 0.493 e. The standard InChI is InChI=1S/C27H32O12/c1-36-19-7-6-14-10-15-4-2-3-5-16(14)24(19)39-21-13-27(15,35)9-8-18(21)37-23(30)12-20(26(33)34)38-22(29)11-17(28)25(31)32/h6-8,15,17,20-21,28,35H,2-5,9-13H2,1H3,(H,31,32)(H,33,34)/t15-,17+,20+,21-,27+/m1/s1. The van der Waals surface area contributed by atoms with Crippen LogP contribution in [0.15, 0.2) is 24.0 Å². The van der Waals surface area contributed by atoms with E-state index < -0.39 is 60.6 Å². The molecule has 0 amide bonds. The van der Waals surface area contributed by atoms with Gasteiger partial charge in [-0.3, -0.25) is 9.59 Å². The number of methoxy groups -OCH3 is 1. The van der Waals surface area contributed by atoms with Crippen molar-refractivity contribution in [1.82, 2.24) is 0 Å². The van der Waals surface area contributed by atoms with Gasteiger partial charge in [-0.1, -0.05) is 12.5 Å². The molecule has 1 aromatic rings. The van der Waals surface area contributed by atoms with E-state index in [1.807, 2.05) is 12.1 Å². The Bertz CT molecular complexity index is 1170. The highest BCUT2D eigenvalue weighted by atomic mass is 16.6. The summed E-state index contributed by atoms with van der Waals surface area (Å²) in [5, 5.41) is 39.1. The van der Waals surface area contributed by atoms with Crippen molar-refractivity contribution >= 4 is 23.9 Å². The van der Waals surface area contributed by atoms with Crippen LogP contribution >= 0.6 is 0 Å². The van der Waals surface area contributed by atoms with Gasteiger partial charge in [0.1, 0.15) is 5.76 Å². The normalized spacial score (nSPS) is 25.2. The summed E-state index contributed by atoms with van der Waals surface area (Å²) >= 11 is 0. The van der Waals surface area contributed by atoms with E-state index in [9.17, 15) is 34.5 Å². The number of ether oxygens (including phenoxy) is 4. The molecule has 212 valence electrons. The Labute approximate surface area is 224 Å². The quantitative estimate of drug-likeness (QED) is 0.326. The average molecular weight is 549 g/mol. The van der Waals surface area contributed by atoms with Crippen LogP contribution in [0.4, 0.5) is 0 Å². The molecule has 6 bridgehead atoms. The van der Waals surface area contributed by atoms with Crippen LogP contribution in [-0.4, -0.2) is 75.3 Å². The molecule has 0 fully saturated rings. The van der Waals surface area contributed by atoms with Gasteiger partial charge in [0.2, 0.25) is 6.10 Å². The Balaban J connectivity index is 1.54. The Kier molecular flexibility index (Phi) is 8.45. The van der Waals surface area contributed by atoms with E-state index in [4.69, 9.17) is 24.1 Å². The molecule has 12 heteroatoms. The van der Waals surface area contributed by atoms with Gasteiger partial charge in [0.25, 0.3) is 0 Å². The highest BCUT2D eigenvalue weighted by Gasteiger charge is 2.46. The summed E-state index contributed by atoms with van der Waals surface area (Å²) in [5.74, 6) is -4.59. The van der Waals surface area contributed by atoms with Crippen LogP contribution in [0.1, 0.15) is 56.1 Å². The highest BCUT2D eigenvalue weighted by Crippen LogP contribution is 2.47. The lowest BCUT2D eigenvalue weighted by Crippen LogP contribution is -2.46. The Morgan fingerprint density at radius 3 is 2.56 bits per heavy atom. The van der Waals surface area contributed by atoms with E-state index >= 15 is 0 Å². The molecule has 0 aromatic heterocycles. The number of carbonyl (C=O) groups excluding carboxylic acids is 2. The third kappa shape index (κ3) is 6.34. The van der Waals surface area contributed by atoms with Gasteiger partial charge in [-0.2, -0.15) is 0 Å². The van der Waals surface area contributed by atoms with E-state index in [0.29, 0.717) is 17.9 Å². The maximum absolute atomic E-state index is 12.8. The molecule has 2 aliphatic carbocycles. The number of benzene rings is 1. The summed E-state index contributed by atoms with van der Waals surface area (Å²) in [6, 6.07) is 3.81. The molecule has 0 radical (unpaired) electrons. The molecule has 3 aliphatic rings. The second kappa shape index (κ2) is 11.6. The molecule has 1 heterocycles. The van der Waals surface area contributed by atoms with Crippen LogP contribution < -0.4 is 9.47 Å². The van der Waals surface area contributed by atoms with Crippen molar-refractivity contribution in [3.8, 4) is 11.5 Å². The van der Waals surface area contributed by atoms with Gasteiger partial charge in [-0.15, -0.1) is 0 Å². The average Bonchev–Trinajstić information content (AvgIpc) is 2.86. The van der Waals surface area contributed by atoms with Crippen molar-refractivity contribution in [2.24, 2.45) is 5.92 Å². The van der Waals surface area contributed by atoms with Gasteiger partial charge in [0, 0.05) is 12.0 Å². The summed E-state index contributed by atoms with van der Waals surface area (Å²) < 4.78 is 22.1. The number of aliphatic hydroxyl groups is 2. The van der Waals surface area contributed by atoms with Gasteiger partial charge in [0.05, 0.1) is 25.6 Å². The Morgan fingerprint density at radius 1 is 1.10 bits per heavy atom. The molecule has 1 aromatic carbocycles. The lowest BCUT2D eigenvalue weighted by atomic mass is 9.71. The molecule has 0 saturated heterocycles. The van der Waals surface area contributed by atoms with Gasteiger partial charge in [-0.25, -0.2) is 9.59 Å². The highest BCUT2D eigenvalue weighted by molar-refractivity contribution is 5.85. The number of aliphatic carboxylic acids is 2. The molecule has 4 rings (SSSR count). The first kappa shape index (κ1) is 28.4. The van der Waals surface area contributed by atoms with Crippen LogP contribution in [-0.2, 0) is 41.5 Å². The minimum absolute atomic E-state index is 0.0487. The topological polar surface area (TPSA) is 186 Å². The van der Waals surface area contributed by atoms with Crippen LogP contribution in [0.3, 0.4) is 0 Å². The first-order valence-corrected chi connectivity index (χ1v) is 12.8. The fourth-order valence-corrected chi connectivity index (χ4v) is 5.47. The summed E-state index contributed by atoms with van der Waals surface area (Å²) in [6.45, 7) is 0. The molecular formula is C27H32O12. The zero-order valence-corrected chi connectivity index (χ0v) is 21.5. The Hall–Kier alpha value is -3.64. The first-order valence-electron chi connectivity index (χ1n) is 12.8. The smallest absolute Gasteiger partial charge is 0.345 e. The number of aliphatic hydroxyl groups excluding tert-OH is 1. The number of carboxylic acids is 2. The second-order valence-corrected chi connectivity index (χ2v) is 10.2. The molecule has 0 saturated carbocycles. The Morgan fingerprint density at radius 2 is 1.87 bits per heavy atom. The van der Waals surface area contributed by atoms with Gasteiger partial charge in [0.15, 0.2) is 23.7 Å². The van der Waals surface area contributed by atoms with Crippen molar-refractivity contribution < 1.29 is 58.6 Å². The predicted octanol–water partition coefficient (Wildman–Crippen LogP) is 1.52. The minimum Gasteiger partial charge on any atom is -0.493 e.